The fraction of sp³-hybridized carbons (Fsp3) is 0.500. The molecule has 1 aromatic rings. The summed E-state index contributed by atoms with van der Waals surface area (Å²) >= 11 is 10.9. The van der Waals surface area contributed by atoms with Crippen molar-refractivity contribution in [1.29, 1.82) is 0 Å². The average molecular weight is 349 g/mol. The predicted molar refractivity (Wildman–Crippen MR) is 91.1 cm³/mol. The van der Waals surface area contributed by atoms with Gasteiger partial charge in [0, 0.05) is 12.1 Å². The van der Waals surface area contributed by atoms with Gasteiger partial charge in [-0.15, -0.1) is 0 Å². The minimum atomic E-state index is -3.67. The summed E-state index contributed by atoms with van der Waals surface area (Å²) in [6.45, 7) is 8.46. The van der Waals surface area contributed by atoms with E-state index in [9.17, 15) is 8.42 Å². The predicted octanol–water partition coefficient (Wildman–Crippen LogP) is 2.93. The zero-order valence-electron chi connectivity index (χ0n) is 12.6. The van der Waals surface area contributed by atoms with E-state index in [1.165, 1.54) is 12.1 Å². The molecular formula is C14H21ClN2O2S2. The highest BCUT2D eigenvalue weighted by molar-refractivity contribution is 7.89. The number of thiocarbonyl (C=S) groups is 1. The van der Waals surface area contributed by atoms with E-state index in [2.05, 4.69) is 18.6 Å². The molecule has 0 amide bonds. The molecule has 0 atom stereocenters. The Morgan fingerprint density at radius 1 is 1.43 bits per heavy atom. The summed E-state index contributed by atoms with van der Waals surface area (Å²) in [5.74, 6) is 0.340. The second kappa shape index (κ2) is 6.60. The Balaban J connectivity index is 3.02. The first-order chi connectivity index (χ1) is 9.47. The van der Waals surface area contributed by atoms with Crippen LogP contribution in [0.3, 0.4) is 0 Å². The molecule has 0 saturated carbocycles. The third-order valence-electron chi connectivity index (χ3n) is 3.79. The highest BCUT2D eigenvalue weighted by Crippen LogP contribution is 2.27. The van der Waals surface area contributed by atoms with Gasteiger partial charge in [0.1, 0.15) is 9.88 Å². The first kappa shape index (κ1) is 18.4. The van der Waals surface area contributed by atoms with Gasteiger partial charge in [-0.2, -0.15) is 0 Å². The van der Waals surface area contributed by atoms with Gasteiger partial charge in [0.25, 0.3) is 0 Å². The number of sulfonamides is 1. The van der Waals surface area contributed by atoms with E-state index in [1.807, 2.05) is 13.8 Å². The lowest BCUT2D eigenvalue weighted by molar-refractivity contribution is 0.252. The molecule has 118 valence electrons. The van der Waals surface area contributed by atoms with Gasteiger partial charge in [0.15, 0.2) is 0 Å². The van der Waals surface area contributed by atoms with Crippen molar-refractivity contribution in [3.05, 3.63) is 28.8 Å². The van der Waals surface area contributed by atoms with Gasteiger partial charge in [-0.25, -0.2) is 13.1 Å². The van der Waals surface area contributed by atoms with Crippen LogP contribution in [-0.2, 0) is 10.0 Å². The van der Waals surface area contributed by atoms with Crippen LogP contribution in [0, 0.1) is 11.3 Å². The minimum absolute atomic E-state index is 0.0312. The van der Waals surface area contributed by atoms with E-state index in [4.69, 9.17) is 29.6 Å². The highest BCUT2D eigenvalue weighted by atomic mass is 35.5. The molecule has 1 aromatic carbocycles. The lowest BCUT2D eigenvalue weighted by atomic mass is 9.81. The second-order valence-corrected chi connectivity index (χ2v) is 8.56. The van der Waals surface area contributed by atoms with E-state index in [0.717, 1.165) is 0 Å². The first-order valence-corrected chi connectivity index (χ1v) is 8.83. The van der Waals surface area contributed by atoms with Crippen LogP contribution in [0.2, 0.25) is 5.02 Å². The van der Waals surface area contributed by atoms with Gasteiger partial charge in [-0.1, -0.05) is 57.6 Å². The molecule has 7 heteroatoms. The number of hydrogen-bond donors (Lipinski definition) is 2. The van der Waals surface area contributed by atoms with Gasteiger partial charge in [-0.3, -0.25) is 0 Å². The molecule has 4 nitrogen and oxygen atoms in total. The normalized spacial score (nSPS) is 12.7. The summed E-state index contributed by atoms with van der Waals surface area (Å²) in [4.78, 5) is 0.207. The Labute approximate surface area is 137 Å². The molecule has 0 unspecified atom stereocenters. The number of hydrogen-bond acceptors (Lipinski definition) is 3. The maximum absolute atomic E-state index is 12.3. The van der Waals surface area contributed by atoms with Gasteiger partial charge >= 0.3 is 0 Å². The van der Waals surface area contributed by atoms with Crippen LogP contribution in [0.4, 0.5) is 0 Å². The molecule has 0 saturated heterocycles. The van der Waals surface area contributed by atoms with Gasteiger partial charge in [0.2, 0.25) is 10.0 Å². The molecule has 0 spiro atoms. The van der Waals surface area contributed by atoms with E-state index in [1.54, 1.807) is 6.07 Å². The zero-order valence-corrected chi connectivity index (χ0v) is 15.0. The van der Waals surface area contributed by atoms with Crippen molar-refractivity contribution in [2.24, 2.45) is 17.1 Å². The van der Waals surface area contributed by atoms with Crippen molar-refractivity contribution in [1.82, 2.24) is 4.72 Å². The van der Waals surface area contributed by atoms with E-state index in [-0.39, 0.29) is 20.3 Å². The first-order valence-electron chi connectivity index (χ1n) is 6.56. The Morgan fingerprint density at radius 2 is 2.00 bits per heavy atom. The molecule has 0 aliphatic rings. The smallest absolute Gasteiger partial charge is 0.242 e. The number of nitrogens with two attached hydrogens (primary N) is 1. The zero-order chi connectivity index (χ0) is 16.4. The summed E-state index contributed by atoms with van der Waals surface area (Å²) < 4.78 is 27.3. The third kappa shape index (κ3) is 4.64. The van der Waals surface area contributed by atoms with E-state index >= 15 is 0 Å². The number of benzene rings is 1. The van der Waals surface area contributed by atoms with E-state index in [0.29, 0.717) is 18.0 Å². The Hall–Kier alpha value is -0.690. The summed E-state index contributed by atoms with van der Waals surface area (Å²) in [7, 11) is -3.67. The van der Waals surface area contributed by atoms with Gasteiger partial charge in [0.05, 0.1) is 5.02 Å². The standard InChI is InChI=1S/C14H21ClN2O2S2/c1-9(2)14(3,4)8-17-21(18,19)12-6-5-10(13(16)20)7-11(12)15/h5-7,9,17H,8H2,1-4H3,(H2,16,20). The fourth-order valence-corrected chi connectivity index (χ4v) is 3.33. The Kier molecular flexibility index (Phi) is 5.77. The van der Waals surface area contributed by atoms with Gasteiger partial charge < -0.3 is 5.73 Å². The quantitative estimate of drug-likeness (QED) is 0.775. The Morgan fingerprint density at radius 3 is 2.43 bits per heavy atom. The molecule has 0 aromatic heterocycles. The summed E-state index contributed by atoms with van der Waals surface area (Å²) in [5.41, 5.74) is 5.88. The lowest BCUT2D eigenvalue weighted by Crippen LogP contribution is -2.37. The molecule has 21 heavy (non-hydrogen) atoms. The van der Waals surface area contributed by atoms with Crippen molar-refractivity contribution in [2.45, 2.75) is 32.6 Å². The lowest BCUT2D eigenvalue weighted by Gasteiger charge is -2.29. The Bertz CT molecular complexity index is 640. The highest BCUT2D eigenvalue weighted by Gasteiger charge is 2.26. The van der Waals surface area contributed by atoms with Crippen LogP contribution in [0.25, 0.3) is 0 Å². The molecule has 0 heterocycles. The van der Waals surface area contributed by atoms with Crippen LogP contribution in [0.5, 0.6) is 0 Å². The van der Waals surface area contributed by atoms with Crippen molar-refractivity contribution in [3.8, 4) is 0 Å². The number of halogens is 1. The largest absolute Gasteiger partial charge is 0.389 e. The molecule has 0 radical (unpaired) electrons. The van der Waals surface area contributed by atoms with Crippen molar-refractivity contribution in [3.63, 3.8) is 0 Å². The number of nitrogens with one attached hydrogen (secondary N) is 1. The van der Waals surface area contributed by atoms with Crippen molar-refractivity contribution in [2.75, 3.05) is 6.54 Å². The van der Waals surface area contributed by atoms with Crippen molar-refractivity contribution < 1.29 is 8.42 Å². The summed E-state index contributed by atoms with van der Waals surface area (Å²) in [6, 6.07) is 4.43. The maximum atomic E-state index is 12.3. The minimum Gasteiger partial charge on any atom is -0.389 e. The summed E-state index contributed by atoms with van der Waals surface area (Å²) in [5, 5.41) is 0.107. The van der Waals surface area contributed by atoms with E-state index < -0.39 is 10.0 Å². The third-order valence-corrected chi connectivity index (χ3v) is 5.91. The molecule has 1 rings (SSSR count). The average Bonchev–Trinajstić information content (AvgIpc) is 2.36. The molecule has 0 bridgehead atoms. The van der Waals surface area contributed by atoms with Crippen LogP contribution in [0.1, 0.15) is 33.3 Å². The monoisotopic (exact) mass is 348 g/mol. The molecule has 0 aliphatic heterocycles. The molecule has 0 fully saturated rings. The maximum Gasteiger partial charge on any atom is 0.242 e. The molecule has 3 N–H and O–H groups in total. The second-order valence-electron chi connectivity index (χ2n) is 5.98. The number of rotatable bonds is 6. The fourth-order valence-electron chi connectivity index (χ4n) is 1.43. The van der Waals surface area contributed by atoms with Crippen LogP contribution < -0.4 is 10.5 Å². The van der Waals surface area contributed by atoms with Crippen LogP contribution in [0.15, 0.2) is 23.1 Å². The van der Waals surface area contributed by atoms with Crippen LogP contribution in [-0.4, -0.2) is 20.0 Å². The summed E-state index contributed by atoms with van der Waals surface area (Å²) in [6.07, 6.45) is 0. The SMILES string of the molecule is CC(C)C(C)(C)CNS(=O)(=O)c1ccc(C(N)=S)cc1Cl. The van der Waals surface area contributed by atoms with Crippen LogP contribution >= 0.6 is 23.8 Å². The molecular weight excluding hydrogens is 328 g/mol. The van der Waals surface area contributed by atoms with Gasteiger partial charge in [-0.05, 0) is 23.5 Å². The topological polar surface area (TPSA) is 72.2 Å². The van der Waals surface area contributed by atoms with Crippen molar-refractivity contribution >= 4 is 38.8 Å². The molecule has 0 aliphatic carbocycles.